The minimum atomic E-state index is -0.0948. The molecule has 0 saturated carbocycles. The lowest BCUT2D eigenvalue weighted by molar-refractivity contribution is -0.144. The van der Waals surface area contributed by atoms with Gasteiger partial charge in [-0.1, -0.05) is 6.92 Å². The normalized spacial score (nSPS) is 17.6. The summed E-state index contributed by atoms with van der Waals surface area (Å²) in [6.45, 7) is 5.66. The number of rotatable bonds is 5. The van der Waals surface area contributed by atoms with Crippen LogP contribution in [-0.2, 0) is 14.3 Å². The van der Waals surface area contributed by atoms with E-state index in [0.29, 0.717) is 19.8 Å². The minimum absolute atomic E-state index is 0.0948. The van der Waals surface area contributed by atoms with Gasteiger partial charge in [-0.15, -0.1) is 0 Å². The van der Waals surface area contributed by atoms with Gasteiger partial charge in [0.05, 0.1) is 13.3 Å². The van der Waals surface area contributed by atoms with E-state index in [-0.39, 0.29) is 5.97 Å². The molecule has 1 fully saturated rings. The Kier molecular flexibility index (Phi) is 4.78. The van der Waals surface area contributed by atoms with E-state index in [9.17, 15) is 4.79 Å². The molecular formula is C9H17NO3. The summed E-state index contributed by atoms with van der Waals surface area (Å²) in [6.07, 6.45) is 1.38. The highest BCUT2D eigenvalue weighted by Crippen LogP contribution is 1.98. The molecule has 0 amide bonds. The van der Waals surface area contributed by atoms with Gasteiger partial charge in [-0.2, -0.15) is 0 Å². The van der Waals surface area contributed by atoms with Gasteiger partial charge in [0.15, 0.2) is 0 Å². The van der Waals surface area contributed by atoms with Crippen molar-refractivity contribution in [2.24, 2.45) is 0 Å². The maximum Gasteiger partial charge on any atom is 0.305 e. The molecule has 13 heavy (non-hydrogen) atoms. The van der Waals surface area contributed by atoms with Crippen LogP contribution in [-0.4, -0.2) is 43.9 Å². The van der Waals surface area contributed by atoms with Crippen molar-refractivity contribution >= 4 is 5.97 Å². The standard InChI is InChI=1S/C9H17NO3/c1-2-3-9(11)13-7-5-10-4-6-12-8-10/h2-8H2,1H3. The fourth-order valence-corrected chi connectivity index (χ4v) is 1.19. The predicted octanol–water partition coefficient (Wildman–Crippen LogP) is 0.619. The Labute approximate surface area is 78.8 Å². The molecule has 0 aromatic carbocycles. The zero-order valence-corrected chi connectivity index (χ0v) is 8.12. The first-order chi connectivity index (χ1) is 6.33. The molecule has 76 valence electrons. The Morgan fingerprint density at radius 1 is 1.62 bits per heavy atom. The number of ether oxygens (including phenoxy) is 2. The van der Waals surface area contributed by atoms with E-state index in [0.717, 1.165) is 26.1 Å². The maximum absolute atomic E-state index is 10.9. The highest BCUT2D eigenvalue weighted by Gasteiger charge is 2.11. The Morgan fingerprint density at radius 3 is 3.08 bits per heavy atom. The van der Waals surface area contributed by atoms with Crippen LogP contribution in [0.5, 0.6) is 0 Å². The Balaban J connectivity index is 1.96. The highest BCUT2D eigenvalue weighted by molar-refractivity contribution is 5.69. The van der Waals surface area contributed by atoms with Gasteiger partial charge >= 0.3 is 5.97 Å². The van der Waals surface area contributed by atoms with Crippen LogP contribution in [0.4, 0.5) is 0 Å². The average Bonchev–Trinajstić information content (AvgIpc) is 2.57. The van der Waals surface area contributed by atoms with E-state index in [1.54, 1.807) is 0 Å². The van der Waals surface area contributed by atoms with E-state index in [1.807, 2.05) is 6.92 Å². The van der Waals surface area contributed by atoms with Gasteiger partial charge in [0.2, 0.25) is 0 Å². The van der Waals surface area contributed by atoms with Crippen molar-refractivity contribution in [3.63, 3.8) is 0 Å². The second-order valence-electron chi connectivity index (χ2n) is 3.13. The van der Waals surface area contributed by atoms with Gasteiger partial charge in [0.25, 0.3) is 0 Å². The number of carbonyl (C=O) groups excluding carboxylic acids is 1. The zero-order chi connectivity index (χ0) is 9.52. The summed E-state index contributed by atoms with van der Waals surface area (Å²) in [6, 6.07) is 0. The molecule has 1 aliphatic heterocycles. The quantitative estimate of drug-likeness (QED) is 0.591. The Morgan fingerprint density at radius 2 is 2.46 bits per heavy atom. The van der Waals surface area contributed by atoms with Crippen molar-refractivity contribution in [2.45, 2.75) is 19.8 Å². The van der Waals surface area contributed by atoms with E-state index < -0.39 is 0 Å². The summed E-state index contributed by atoms with van der Waals surface area (Å²) < 4.78 is 10.2. The van der Waals surface area contributed by atoms with Gasteiger partial charge in [-0.3, -0.25) is 9.69 Å². The molecule has 0 bridgehead atoms. The largest absolute Gasteiger partial charge is 0.464 e. The molecule has 1 aliphatic rings. The lowest BCUT2D eigenvalue weighted by Gasteiger charge is -2.12. The molecular weight excluding hydrogens is 170 g/mol. The van der Waals surface area contributed by atoms with Crippen LogP contribution >= 0.6 is 0 Å². The van der Waals surface area contributed by atoms with Crippen LogP contribution in [0, 0.1) is 0 Å². The third-order valence-electron chi connectivity index (χ3n) is 1.95. The second kappa shape index (κ2) is 5.94. The van der Waals surface area contributed by atoms with Gasteiger partial charge in [0, 0.05) is 19.5 Å². The van der Waals surface area contributed by atoms with Crippen LogP contribution < -0.4 is 0 Å². The number of hydrogen-bond donors (Lipinski definition) is 0. The summed E-state index contributed by atoms with van der Waals surface area (Å²) in [5.41, 5.74) is 0. The predicted molar refractivity (Wildman–Crippen MR) is 48.3 cm³/mol. The van der Waals surface area contributed by atoms with Crippen molar-refractivity contribution in [3.05, 3.63) is 0 Å². The van der Waals surface area contributed by atoms with Crippen molar-refractivity contribution in [3.8, 4) is 0 Å². The van der Waals surface area contributed by atoms with Gasteiger partial charge < -0.3 is 9.47 Å². The molecule has 0 aromatic heterocycles. The monoisotopic (exact) mass is 187 g/mol. The first-order valence-electron chi connectivity index (χ1n) is 4.78. The van der Waals surface area contributed by atoms with Gasteiger partial charge in [-0.05, 0) is 6.42 Å². The van der Waals surface area contributed by atoms with Crippen LogP contribution in [0.15, 0.2) is 0 Å². The molecule has 0 unspecified atom stereocenters. The van der Waals surface area contributed by atoms with E-state index in [2.05, 4.69) is 4.90 Å². The fraction of sp³-hybridized carbons (Fsp3) is 0.889. The van der Waals surface area contributed by atoms with Crippen molar-refractivity contribution < 1.29 is 14.3 Å². The molecule has 0 aromatic rings. The zero-order valence-electron chi connectivity index (χ0n) is 8.12. The van der Waals surface area contributed by atoms with Crippen LogP contribution in [0.3, 0.4) is 0 Å². The summed E-state index contributed by atoms with van der Waals surface area (Å²) in [5, 5.41) is 0. The third-order valence-corrected chi connectivity index (χ3v) is 1.95. The number of nitrogens with zero attached hydrogens (tertiary/aromatic N) is 1. The molecule has 1 heterocycles. The average molecular weight is 187 g/mol. The third kappa shape index (κ3) is 4.24. The van der Waals surface area contributed by atoms with E-state index in [1.165, 1.54) is 0 Å². The Bertz CT molecular complexity index is 155. The summed E-state index contributed by atoms with van der Waals surface area (Å²) in [7, 11) is 0. The summed E-state index contributed by atoms with van der Waals surface area (Å²) in [5.74, 6) is -0.0948. The molecule has 0 atom stereocenters. The van der Waals surface area contributed by atoms with Crippen molar-refractivity contribution in [1.29, 1.82) is 0 Å². The smallest absolute Gasteiger partial charge is 0.305 e. The lowest BCUT2D eigenvalue weighted by Crippen LogP contribution is -2.25. The molecule has 1 rings (SSSR count). The van der Waals surface area contributed by atoms with E-state index in [4.69, 9.17) is 9.47 Å². The topological polar surface area (TPSA) is 38.8 Å². The van der Waals surface area contributed by atoms with Crippen molar-refractivity contribution in [2.75, 3.05) is 33.0 Å². The molecule has 0 spiro atoms. The van der Waals surface area contributed by atoms with Crippen LogP contribution in [0.1, 0.15) is 19.8 Å². The van der Waals surface area contributed by atoms with Crippen molar-refractivity contribution in [1.82, 2.24) is 4.90 Å². The summed E-state index contributed by atoms with van der Waals surface area (Å²) >= 11 is 0. The van der Waals surface area contributed by atoms with Crippen LogP contribution in [0.2, 0.25) is 0 Å². The summed E-state index contributed by atoms with van der Waals surface area (Å²) in [4.78, 5) is 13.1. The minimum Gasteiger partial charge on any atom is -0.464 e. The Hall–Kier alpha value is -0.610. The molecule has 0 aliphatic carbocycles. The first kappa shape index (κ1) is 10.5. The molecule has 1 saturated heterocycles. The molecule has 0 N–H and O–H groups in total. The number of hydrogen-bond acceptors (Lipinski definition) is 4. The highest BCUT2D eigenvalue weighted by atomic mass is 16.5. The van der Waals surface area contributed by atoms with Gasteiger partial charge in [0.1, 0.15) is 6.61 Å². The fourth-order valence-electron chi connectivity index (χ4n) is 1.19. The van der Waals surface area contributed by atoms with Crippen LogP contribution in [0.25, 0.3) is 0 Å². The SMILES string of the molecule is CCCC(=O)OCCN1CCOC1. The number of esters is 1. The molecule has 4 nitrogen and oxygen atoms in total. The second-order valence-corrected chi connectivity index (χ2v) is 3.13. The number of carbonyl (C=O) groups is 1. The maximum atomic E-state index is 10.9. The van der Waals surface area contributed by atoms with E-state index >= 15 is 0 Å². The first-order valence-corrected chi connectivity index (χ1v) is 4.78. The molecule has 4 heteroatoms. The molecule has 0 radical (unpaired) electrons. The van der Waals surface area contributed by atoms with Gasteiger partial charge in [-0.25, -0.2) is 0 Å². The lowest BCUT2D eigenvalue weighted by atomic mass is 10.3.